The van der Waals surface area contributed by atoms with Crippen molar-refractivity contribution >= 4 is 17.7 Å². The summed E-state index contributed by atoms with van der Waals surface area (Å²) in [5.74, 6) is 2.71. The number of furan rings is 1. The molecule has 1 aromatic carbocycles. The molecule has 1 fully saturated rings. The lowest BCUT2D eigenvalue weighted by Crippen LogP contribution is -2.42. The standard InChI is InChI=1S/C18H22N2O3S/c1-22-17-5-3-2-4-15(17)18(21)19-12-16(14-6-9-23-13-14)20-7-10-24-11-8-20/h2-6,9,13,16H,7-8,10-12H2,1H3,(H,19,21)/t16-/m1/s1. The molecule has 2 heterocycles. The number of ether oxygens (including phenoxy) is 1. The lowest BCUT2D eigenvalue weighted by atomic mass is 10.1. The molecule has 6 heteroatoms. The molecule has 0 bridgehead atoms. The predicted molar refractivity (Wildman–Crippen MR) is 95.7 cm³/mol. The lowest BCUT2D eigenvalue weighted by Gasteiger charge is -2.34. The third-order valence-corrected chi connectivity index (χ3v) is 5.16. The highest BCUT2D eigenvalue weighted by molar-refractivity contribution is 7.99. The van der Waals surface area contributed by atoms with Gasteiger partial charge in [0.25, 0.3) is 5.91 Å². The van der Waals surface area contributed by atoms with Crippen molar-refractivity contribution in [2.45, 2.75) is 6.04 Å². The van der Waals surface area contributed by atoms with Crippen molar-refractivity contribution in [3.8, 4) is 5.75 Å². The van der Waals surface area contributed by atoms with Crippen LogP contribution in [0.4, 0.5) is 0 Å². The molecule has 3 rings (SSSR count). The van der Waals surface area contributed by atoms with Gasteiger partial charge < -0.3 is 14.5 Å². The van der Waals surface area contributed by atoms with E-state index in [4.69, 9.17) is 9.15 Å². The highest BCUT2D eigenvalue weighted by Crippen LogP contribution is 2.24. The molecule has 0 aliphatic carbocycles. The van der Waals surface area contributed by atoms with Crippen molar-refractivity contribution in [2.24, 2.45) is 0 Å². The fourth-order valence-electron chi connectivity index (χ4n) is 2.93. The number of nitrogens with zero attached hydrogens (tertiary/aromatic N) is 1. The van der Waals surface area contributed by atoms with Crippen LogP contribution in [0.2, 0.25) is 0 Å². The Morgan fingerprint density at radius 3 is 2.83 bits per heavy atom. The summed E-state index contributed by atoms with van der Waals surface area (Å²) in [4.78, 5) is 15.0. The summed E-state index contributed by atoms with van der Waals surface area (Å²) < 4.78 is 10.5. The van der Waals surface area contributed by atoms with Gasteiger partial charge in [-0.25, -0.2) is 0 Å². The Balaban J connectivity index is 1.70. The normalized spacial score (nSPS) is 16.5. The number of benzene rings is 1. The molecular weight excluding hydrogens is 324 g/mol. The summed E-state index contributed by atoms with van der Waals surface area (Å²) in [5.41, 5.74) is 1.65. The second-order valence-corrected chi connectivity index (χ2v) is 6.86. The summed E-state index contributed by atoms with van der Waals surface area (Å²) >= 11 is 1.97. The molecule has 1 saturated heterocycles. The maximum absolute atomic E-state index is 12.5. The van der Waals surface area contributed by atoms with Crippen LogP contribution >= 0.6 is 11.8 Å². The average molecular weight is 346 g/mol. The van der Waals surface area contributed by atoms with E-state index in [1.165, 1.54) is 0 Å². The van der Waals surface area contributed by atoms with E-state index in [-0.39, 0.29) is 11.9 Å². The van der Waals surface area contributed by atoms with E-state index in [2.05, 4.69) is 10.2 Å². The van der Waals surface area contributed by atoms with Gasteiger partial charge in [0.05, 0.1) is 31.2 Å². The molecule has 1 N–H and O–H groups in total. The Morgan fingerprint density at radius 1 is 1.33 bits per heavy atom. The van der Waals surface area contributed by atoms with Crippen LogP contribution in [0, 0.1) is 0 Å². The van der Waals surface area contributed by atoms with Gasteiger partial charge in [0.2, 0.25) is 0 Å². The summed E-state index contributed by atoms with van der Waals surface area (Å²) in [6, 6.07) is 9.37. The van der Waals surface area contributed by atoms with E-state index in [9.17, 15) is 4.79 Å². The molecule has 0 saturated carbocycles. The monoisotopic (exact) mass is 346 g/mol. The van der Waals surface area contributed by atoms with Crippen LogP contribution in [0.5, 0.6) is 5.75 Å². The number of thioether (sulfide) groups is 1. The Kier molecular flexibility index (Phi) is 5.82. The van der Waals surface area contributed by atoms with Crippen LogP contribution in [-0.4, -0.2) is 49.1 Å². The molecule has 2 aromatic rings. The molecule has 1 aliphatic rings. The minimum absolute atomic E-state index is 0.118. The first kappa shape index (κ1) is 16.9. The summed E-state index contributed by atoms with van der Waals surface area (Å²) in [6.07, 6.45) is 3.45. The zero-order valence-electron chi connectivity index (χ0n) is 13.7. The molecule has 1 atom stereocenters. The highest BCUT2D eigenvalue weighted by Gasteiger charge is 2.24. The quantitative estimate of drug-likeness (QED) is 0.872. The molecule has 24 heavy (non-hydrogen) atoms. The maximum Gasteiger partial charge on any atom is 0.255 e. The number of hydrogen-bond acceptors (Lipinski definition) is 5. The van der Waals surface area contributed by atoms with Crippen molar-refractivity contribution < 1.29 is 13.9 Å². The van der Waals surface area contributed by atoms with Crippen molar-refractivity contribution in [3.05, 3.63) is 54.0 Å². The van der Waals surface area contributed by atoms with Crippen molar-refractivity contribution in [2.75, 3.05) is 38.2 Å². The van der Waals surface area contributed by atoms with E-state index >= 15 is 0 Å². The first-order valence-electron chi connectivity index (χ1n) is 8.04. The lowest BCUT2D eigenvalue weighted by molar-refractivity contribution is 0.0931. The molecule has 5 nitrogen and oxygen atoms in total. The second kappa shape index (κ2) is 8.26. The van der Waals surface area contributed by atoms with Crippen LogP contribution in [0.15, 0.2) is 47.3 Å². The zero-order chi connectivity index (χ0) is 16.8. The number of methoxy groups -OCH3 is 1. The fourth-order valence-corrected chi connectivity index (χ4v) is 3.86. The number of rotatable bonds is 6. The molecule has 0 radical (unpaired) electrons. The molecule has 1 amide bonds. The van der Waals surface area contributed by atoms with Crippen LogP contribution in [0.1, 0.15) is 22.0 Å². The van der Waals surface area contributed by atoms with Crippen LogP contribution in [-0.2, 0) is 0 Å². The molecular formula is C18H22N2O3S. The van der Waals surface area contributed by atoms with Crippen LogP contribution in [0.3, 0.4) is 0 Å². The Hall–Kier alpha value is -1.92. The number of carbonyl (C=O) groups is 1. The third-order valence-electron chi connectivity index (χ3n) is 4.22. The predicted octanol–water partition coefficient (Wildman–Crippen LogP) is 2.81. The summed E-state index contributed by atoms with van der Waals surface area (Å²) in [5, 5.41) is 3.05. The topological polar surface area (TPSA) is 54.7 Å². The van der Waals surface area contributed by atoms with Crippen LogP contribution < -0.4 is 10.1 Å². The van der Waals surface area contributed by atoms with Gasteiger partial charge in [0, 0.05) is 36.7 Å². The summed E-state index contributed by atoms with van der Waals surface area (Å²) in [6.45, 7) is 2.58. The number of para-hydroxylation sites is 1. The largest absolute Gasteiger partial charge is 0.496 e. The minimum Gasteiger partial charge on any atom is -0.496 e. The van der Waals surface area contributed by atoms with E-state index in [1.54, 1.807) is 31.8 Å². The molecule has 0 spiro atoms. The van der Waals surface area contributed by atoms with E-state index in [0.29, 0.717) is 17.9 Å². The third kappa shape index (κ3) is 3.94. The van der Waals surface area contributed by atoms with Gasteiger partial charge >= 0.3 is 0 Å². The van der Waals surface area contributed by atoms with Gasteiger partial charge in [-0.2, -0.15) is 11.8 Å². The summed E-state index contributed by atoms with van der Waals surface area (Å²) in [7, 11) is 1.58. The van der Waals surface area contributed by atoms with Crippen molar-refractivity contribution in [1.82, 2.24) is 10.2 Å². The molecule has 0 unspecified atom stereocenters. The van der Waals surface area contributed by atoms with E-state index in [0.717, 1.165) is 30.2 Å². The minimum atomic E-state index is -0.118. The van der Waals surface area contributed by atoms with Gasteiger partial charge in [-0.3, -0.25) is 9.69 Å². The highest BCUT2D eigenvalue weighted by atomic mass is 32.2. The first-order chi connectivity index (χ1) is 11.8. The SMILES string of the molecule is COc1ccccc1C(=O)NC[C@H](c1ccoc1)N1CCSCC1. The first-order valence-corrected chi connectivity index (χ1v) is 9.20. The Bertz CT molecular complexity index is 654. The van der Waals surface area contributed by atoms with Gasteiger partial charge in [-0.1, -0.05) is 12.1 Å². The number of carbonyl (C=O) groups excluding carboxylic acids is 1. The molecule has 1 aliphatic heterocycles. The zero-order valence-corrected chi connectivity index (χ0v) is 14.6. The molecule has 1 aromatic heterocycles. The second-order valence-electron chi connectivity index (χ2n) is 5.63. The van der Waals surface area contributed by atoms with Crippen molar-refractivity contribution in [1.29, 1.82) is 0 Å². The van der Waals surface area contributed by atoms with Crippen molar-refractivity contribution in [3.63, 3.8) is 0 Å². The Labute approximate surface area is 146 Å². The number of amides is 1. The maximum atomic E-state index is 12.5. The van der Waals surface area contributed by atoms with Gasteiger partial charge in [0.15, 0.2) is 0 Å². The van der Waals surface area contributed by atoms with Gasteiger partial charge in [-0.05, 0) is 18.2 Å². The number of nitrogens with one attached hydrogen (secondary N) is 1. The van der Waals surface area contributed by atoms with Gasteiger partial charge in [0.1, 0.15) is 5.75 Å². The number of hydrogen-bond donors (Lipinski definition) is 1. The smallest absolute Gasteiger partial charge is 0.255 e. The Morgan fingerprint density at radius 2 is 2.12 bits per heavy atom. The fraction of sp³-hybridized carbons (Fsp3) is 0.389. The molecule has 128 valence electrons. The van der Waals surface area contributed by atoms with E-state index < -0.39 is 0 Å². The van der Waals surface area contributed by atoms with Crippen LogP contribution in [0.25, 0.3) is 0 Å². The van der Waals surface area contributed by atoms with E-state index in [1.807, 2.05) is 30.0 Å². The average Bonchev–Trinajstić information content (AvgIpc) is 3.17. The van der Waals surface area contributed by atoms with Gasteiger partial charge in [-0.15, -0.1) is 0 Å².